The number of non-ortho nitro benzene ring substituents is 1. The van der Waals surface area contributed by atoms with Gasteiger partial charge < -0.3 is 9.47 Å². The predicted octanol–water partition coefficient (Wildman–Crippen LogP) is 7.61. The molecule has 0 aliphatic carbocycles. The maximum Gasteiger partial charge on any atom is 0.416 e. The maximum atomic E-state index is 13.5. The molecule has 0 amide bonds. The van der Waals surface area contributed by atoms with Crippen molar-refractivity contribution in [3.05, 3.63) is 127 Å². The first-order chi connectivity index (χ1) is 21.0. The Balaban J connectivity index is 1.52. The number of nitrogens with zero attached hydrogens (tertiary/aromatic N) is 4. The van der Waals surface area contributed by atoms with E-state index in [1.807, 2.05) is 0 Å². The maximum absolute atomic E-state index is 13.5. The fourth-order valence-electron chi connectivity index (χ4n) is 4.31. The Morgan fingerprint density at radius 3 is 2.48 bits per heavy atom. The lowest BCUT2D eigenvalue weighted by molar-refractivity contribution is -0.384. The number of ether oxygens (including phenoxy) is 2. The second kappa shape index (κ2) is 12.7. The van der Waals surface area contributed by atoms with Gasteiger partial charge in [-0.2, -0.15) is 22.9 Å². The molecule has 0 unspecified atom stereocenters. The van der Waals surface area contributed by atoms with Crippen molar-refractivity contribution in [2.45, 2.75) is 19.7 Å². The van der Waals surface area contributed by atoms with Gasteiger partial charge in [-0.15, -0.1) is 0 Å². The van der Waals surface area contributed by atoms with Crippen LogP contribution in [0.1, 0.15) is 23.6 Å². The van der Waals surface area contributed by atoms with Crippen molar-refractivity contribution in [2.24, 2.45) is 5.10 Å². The van der Waals surface area contributed by atoms with Crippen molar-refractivity contribution < 1.29 is 27.6 Å². The van der Waals surface area contributed by atoms with Gasteiger partial charge in [0.2, 0.25) is 0 Å². The second-order valence-electron chi connectivity index (χ2n) is 9.37. The summed E-state index contributed by atoms with van der Waals surface area (Å²) in [7, 11) is 0. The van der Waals surface area contributed by atoms with Crippen LogP contribution in [0.15, 0.2) is 99.3 Å². The smallest absolute Gasteiger partial charge is 0.416 e. The molecule has 44 heavy (non-hydrogen) atoms. The number of para-hydroxylation sites is 1. The van der Waals surface area contributed by atoms with Gasteiger partial charge in [-0.3, -0.25) is 14.9 Å². The van der Waals surface area contributed by atoms with Crippen LogP contribution in [-0.2, 0) is 12.8 Å². The van der Waals surface area contributed by atoms with Crippen molar-refractivity contribution in [2.75, 3.05) is 6.61 Å². The third-order valence-corrected chi connectivity index (χ3v) is 6.98. The molecular formula is C31H22BrF3N4O5. The molecule has 1 heterocycles. The molecule has 5 rings (SSSR count). The number of halogens is 4. The first-order valence-corrected chi connectivity index (χ1v) is 13.9. The summed E-state index contributed by atoms with van der Waals surface area (Å²) in [5.41, 5.74) is 0.0664. The number of benzene rings is 4. The highest BCUT2D eigenvalue weighted by Crippen LogP contribution is 2.37. The van der Waals surface area contributed by atoms with E-state index in [4.69, 9.17) is 9.47 Å². The standard InChI is InChI=1S/C31H22BrF3N4O5/c1-2-43-27-15-20(14-25(32)28(27)44-18-19-10-12-23(13-11-19)39(41)42)17-36-38-29(21-6-5-7-22(16-21)31(33,34)35)37-26-9-4-3-8-24(26)30(38)40/h3-17H,2,18H2,1H3. The molecule has 0 aliphatic rings. The highest BCUT2D eigenvalue weighted by atomic mass is 79.9. The molecule has 0 atom stereocenters. The molecule has 0 fully saturated rings. The average molecular weight is 667 g/mol. The van der Waals surface area contributed by atoms with Crippen LogP contribution in [0.3, 0.4) is 0 Å². The molecule has 9 nitrogen and oxygen atoms in total. The Morgan fingerprint density at radius 1 is 1.02 bits per heavy atom. The Bertz CT molecular complexity index is 1940. The number of nitro groups is 1. The Labute approximate surface area is 256 Å². The quantitative estimate of drug-likeness (QED) is 0.0910. The Kier molecular flexibility index (Phi) is 8.76. The fourth-order valence-corrected chi connectivity index (χ4v) is 4.89. The molecule has 0 radical (unpaired) electrons. The lowest BCUT2D eigenvalue weighted by Crippen LogP contribution is -2.20. The van der Waals surface area contributed by atoms with Gasteiger partial charge in [0, 0.05) is 17.7 Å². The molecule has 0 spiro atoms. The SMILES string of the molecule is CCOc1cc(C=Nn2c(-c3cccc(C(F)(F)F)c3)nc3ccccc3c2=O)cc(Br)c1OCc1ccc([N+](=O)[O-])cc1. The summed E-state index contributed by atoms with van der Waals surface area (Å²) in [5, 5.41) is 15.5. The fraction of sp³-hybridized carbons (Fsp3) is 0.129. The van der Waals surface area contributed by atoms with Crippen molar-refractivity contribution in [1.82, 2.24) is 9.66 Å². The number of aromatic nitrogens is 2. The van der Waals surface area contributed by atoms with Crippen LogP contribution in [0.2, 0.25) is 0 Å². The molecule has 224 valence electrons. The van der Waals surface area contributed by atoms with Crippen LogP contribution >= 0.6 is 15.9 Å². The van der Waals surface area contributed by atoms with Crippen molar-refractivity contribution >= 4 is 38.7 Å². The van der Waals surface area contributed by atoms with Crippen LogP contribution in [-0.4, -0.2) is 27.4 Å². The zero-order chi connectivity index (χ0) is 31.4. The van der Waals surface area contributed by atoms with Crippen LogP contribution in [0.25, 0.3) is 22.3 Å². The summed E-state index contributed by atoms with van der Waals surface area (Å²) in [6.45, 7) is 2.19. The minimum absolute atomic E-state index is 0.0366. The van der Waals surface area contributed by atoms with Gasteiger partial charge >= 0.3 is 6.18 Å². The molecule has 13 heteroatoms. The summed E-state index contributed by atoms with van der Waals surface area (Å²) >= 11 is 3.48. The van der Waals surface area contributed by atoms with Crippen LogP contribution in [0, 0.1) is 10.1 Å². The van der Waals surface area contributed by atoms with Crippen molar-refractivity contribution in [1.29, 1.82) is 0 Å². The molecular weight excluding hydrogens is 645 g/mol. The topological polar surface area (TPSA) is 109 Å². The van der Waals surface area contributed by atoms with Crippen molar-refractivity contribution in [3.63, 3.8) is 0 Å². The van der Waals surface area contributed by atoms with Gasteiger partial charge in [-0.25, -0.2) is 4.98 Å². The number of alkyl halides is 3. The van der Waals surface area contributed by atoms with Gasteiger partial charge in [-0.05, 0) is 82.5 Å². The molecule has 0 aliphatic heterocycles. The molecule has 1 aromatic heterocycles. The van der Waals surface area contributed by atoms with E-state index in [0.717, 1.165) is 16.8 Å². The van der Waals surface area contributed by atoms with E-state index in [1.165, 1.54) is 30.5 Å². The van der Waals surface area contributed by atoms with Gasteiger partial charge in [0.1, 0.15) is 6.61 Å². The summed E-state index contributed by atoms with van der Waals surface area (Å²) in [4.78, 5) is 28.4. The number of fused-ring (bicyclic) bond motifs is 1. The Hall–Kier alpha value is -5.04. The lowest BCUT2D eigenvalue weighted by Gasteiger charge is -2.15. The van der Waals surface area contributed by atoms with E-state index in [9.17, 15) is 28.1 Å². The van der Waals surface area contributed by atoms with E-state index < -0.39 is 22.2 Å². The van der Waals surface area contributed by atoms with Crippen molar-refractivity contribution in [3.8, 4) is 22.9 Å². The van der Waals surface area contributed by atoms with Crippen LogP contribution < -0.4 is 15.0 Å². The number of nitro benzene ring substituents is 1. The average Bonchev–Trinajstić information content (AvgIpc) is 3.00. The van der Waals surface area contributed by atoms with Gasteiger partial charge in [-0.1, -0.05) is 24.3 Å². The van der Waals surface area contributed by atoms with E-state index in [2.05, 4.69) is 26.0 Å². The number of hydrogen-bond acceptors (Lipinski definition) is 7. The number of hydrogen-bond donors (Lipinski definition) is 0. The largest absolute Gasteiger partial charge is 0.490 e. The zero-order valence-corrected chi connectivity index (χ0v) is 24.5. The Morgan fingerprint density at radius 2 is 1.77 bits per heavy atom. The van der Waals surface area contributed by atoms with E-state index >= 15 is 0 Å². The van der Waals surface area contributed by atoms with Gasteiger partial charge in [0.25, 0.3) is 11.2 Å². The molecule has 0 N–H and O–H groups in total. The van der Waals surface area contributed by atoms with E-state index in [0.29, 0.717) is 39.2 Å². The first kappa shape index (κ1) is 30.4. The zero-order valence-electron chi connectivity index (χ0n) is 22.9. The predicted molar refractivity (Wildman–Crippen MR) is 162 cm³/mol. The van der Waals surface area contributed by atoms with Crippen LogP contribution in [0.4, 0.5) is 18.9 Å². The molecule has 0 saturated heterocycles. The third kappa shape index (κ3) is 6.62. The van der Waals surface area contributed by atoms with E-state index in [-0.39, 0.29) is 29.1 Å². The summed E-state index contributed by atoms with van der Waals surface area (Å²) < 4.78 is 53.6. The molecule has 0 bridgehead atoms. The molecule has 5 aromatic rings. The third-order valence-electron chi connectivity index (χ3n) is 6.39. The van der Waals surface area contributed by atoms with E-state index in [1.54, 1.807) is 55.5 Å². The minimum atomic E-state index is -4.59. The lowest BCUT2D eigenvalue weighted by atomic mass is 10.1. The highest BCUT2D eigenvalue weighted by molar-refractivity contribution is 9.10. The summed E-state index contributed by atoms with van der Waals surface area (Å²) in [6.07, 6.45) is -3.23. The second-order valence-corrected chi connectivity index (χ2v) is 10.2. The van der Waals surface area contributed by atoms with Gasteiger partial charge in [0.05, 0.1) is 38.7 Å². The normalized spacial score (nSPS) is 11.7. The van der Waals surface area contributed by atoms with Gasteiger partial charge in [0.15, 0.2) is 17.3 Å². The molecule has 0 saturated carbocycles. The number of rotatable bonds is 9. The summed E-state index contributed by atoms with van der Waals surface area (Å²) in [5.74, 6) is 0.659. The molecule has 4 aromatic carbocycles. The highest BCUT2D eigenvalue weighted by Gasteiger charge is 2.31. The monoisotopic (exact) mass is 666 g/mol. The minimum Gasteiger partial charge on any atom is -0.490 e. The summed E-state index contributed by atoms with van der Waals surface area (Å²) in [6, 6.07) is 20.3. The first-order valence-electron chi connectivity index (χ1n) is 13.1. The van der Waals surface area contributed by atoms with Crippen LogP contribution in [0.5, 0.6) is 11.5 Å².